The normalized spacial score (nSPS) is 15.6. The zero-order chi connectivity index (χ0) is 10.1. The second-order valence-corrected chi connectivity index (χ2v) is 3.59. The minimum atomic E-state index is -0.526. The lowest BCUT2D eigenvalue weighted by molar-refractivity contribution is 0.164. The average molecular weight is 190 g/mol. The maximum absolute atomic E-state index is 9.36. The first-order chi connectivity index (χ1) is 6.68. The molecular formula is C11H14N2O. The third-order valence-corrected chi connectivity index (χ3v) is 2.48. The molecule has 1 aromatic carbocycles. The molecule has 0 spiro atoms. The van der Waals surface area contributed by atoms with Gasteiger partial charge in [-0.2, -0.15) is 0 Å². The predicted molar refractivity (Wildman–Crippen MR) is 56.9 cm³/mol. The number of aliphatic hydroxyl groups excluding tert-OH is 1. The molecule has 0 aliphatic heterocycles. The van der Waals surface area contributed by atoms with Crippen molar-refractivity contribution in [1.29, 1.82) is 0 Å². The van der Waals surface area contributed by atoms with Gasteiger partial charge in [0.2, 0.25) is 0 Å². The van der Waals surface area contributed by atoms with Crippen LogP contribution < -0.4 is 5.73 Å². The summed E-state index contributed by atoms with van der Waals surface area (Å²) in [6.07, 6.45) is 1.37. The van der Waals surface area contributed by atoms with E-state index in [-0.39, 0.29) is 6.04 Å². The third kappa shape index (κ3) is 1.52. The number of rotatable bonds is 2. The van der Waals surface area contributed by atoms with Crippen LogP contribution in [0.3, 0.4) is 0 Å². The summed E-state index contributed by atoms with van der Waals surface area (Å²) >= 11 is 0. The molecule has 74 valence electrons. The smallest absolute Gasteiger partial charge is 0.0704 e. The van der Waals surface area contributed by atoms with Crippen molar-refractivity contribution >= 4 is 10.9 Å². The van der Waals surface area contributed by atoms with Crippen molar-refractivity contribution in [3.63, 3.8) is 0 Å². The van der Waals surface area contributed by atoms with Crippen LogP contribution >= 0.6 is 0 Å². The molecule has 0 aliphatic rings. The molecule has 1 heterocycles. The second kappa shape index (κ2) is 3.44. The van der Waals surface area contributed by atoms with Gasteiger partial charge in [0.25, 0.3) is 0 Å². The Labute approximate surface area is 82.6 Å². The SMILES string of the molecule is CC(O)[C@@H](N)c1ccc2cc[nH]c2c1. The lowest BCUT2D eigenvalue weighted by Crippen LogP contribution is -2.22. The molecule has 0 amide bonds. The number of benzene rings is 1. The van der Waals surface area contributed by atoms with Gasteiger partial charge in [-0.25, -0.2) is 0 Å². The number of aliphatic hydroxyl groups is 1. The Balaban J connectivity index is 2.43. The molecule has 1 unspecified atom stereocenters. The fraction of sp³-hybridized carbons (Fsp3) is 0.273. The number of fused-ring (bicyclic) bond motifs is 1. The number of H-pyrrole nitrogens is 1. The van der Waals surface area contributed by atoms with Gasteiger partial charge in [-0.3, -0.25) is 0 Å². The predicted octanol–water partition coefficient (Wildman–Crippen LogP) is 1.55. The fourth-order valence-electron chi connectivity index (χ4n) is 1.55. The van der Waals surface area contributed by atoms with Gasteiger partial charge in [0.15, 0.2) is 0 Å². The van der Waals surface area contributed by atoms with Crippen molar-refractivity contribution in [3.8, 4) is 0 Å². The zero-order valence-electron chi connectivity index (χ0n) is 8.07. The molecule has 1 aromatic heterocycles. The molecule has 14 heavy (non-hydrogen) atoms. The van der Waals surface area contributed by atoms with Crippen LogP contribution in [0.25, 0.3) is 10.9 Å². The quantitative estimate of drug-likeness (QED) is 0.672. The summed E-state index contributed by atoms with van der Waals surface area (Å²) in [5, 5.41) is 10.5. The highest BCUT2D eigenvalue weighted by Gasteiger charge is 2.11. The second-order valence-electron chi connectivity index (χ2n) is 3.59. The molecule has 0 fully saturated rings. The van der Waals surface area contributed by atoms with Gasteiger partial charge >= 0.3 is 0 Å². The highest BCUT2D eigenvalue weighted by Crippen LogP contribution is 2.19. The fourth-order valence-corrected chi connectivity index (χ4v) is 1.55. The summed E-state index contributed by atoms with van der Waals surface area (Å²) in [5.74, 6) is 0. The van der Waals surface area contributed by atoms with Crippen LogP contribution in [0.4, 0.5) is 0 Å². The molecule has 3 heteroatoms. The van der Waals surface area contributed by atoms with Crippen LogP contribution in [0.15, 0.2) is 30.5 Å². The zero-order valence-corrected chi connectivity index (χ0v) is 8.07. The number of aromatic nitrogens is 1. The first-order valence-electron chi connectivity index (χ1n) is 4.69. The largest absolute Gasteiger partial charge is 0.391 e. The van der Waals surface area contributed by atoms with Crippen molar-refractivity contribution in [2.45, 2.75) is 19.1 Å². The van der Waals surface area contributed by atoms with Gasteiger partial charge < -0.3 is 15.8 Å². The minimum Gasteiger partial charge on any atom is -0.391 e. The van der Waals surface area contributed by atoms with Gasteiger partial charge in [-0.1, -0.05) is 12.1 Å². The Morgan fingerprint density at radius 3 is 2.86 bits per heavy atom. The molecule has 3 nitrogen and oxygen atoms in total. The van der Waals surface area contributed by atoms with Crippen molar-refractivity contribution in [2.24, 2.45) is 5.73 Å². The number of hydrogen-bond donors (Lipinski definition) is 3. The first kappa shape index (κ1) is 9.24. The molecular weight excluding hydrogens is 176 g/mol. The van der Waals surface area contributed by atoms with E-state index in [2.05, 4.69) is 4.98 Å². The molecule has 0 saturated carbocycles. The minimum absolute atomic E-state index is 0.317. The van der Waals surface area contributed by atoms with E-state index in [0.717, 1.165) is 16.5 Å². The molecule has 2 aromatic rings. The molecule has 0 saturated heterocycles. The molecule has 0 aliphatic carbocycles. The lowest BCUT2D eigenvalue weighted by atomic mass is 10.0. The van der Waals surface area contributed by atoms with Gasteiger partial charge in [-0.05, 0) is 30.0 Å². The van der Waals surface area contributed by atoms with Gasteiger partial charge in [0.05, 0.1) is 12.1 Å². The Bertz CT molecular complexity index is 434. The average Bonchev–Trinajstić information content (AvgIpc) is 2.62. The summed E-state index contributed by atoms with van der Waals surface area (Å²) < 4.78 is 0. The van der Waals surface area contributed by atoms with Crippen molar-refractivity contribution in [3.05, 3.63) is 36.0 Å². The van der Waals surface area contributed by atoms with Crippen molar-refractivity contribution in [1.82, 2.24) is 4.98 Å². The molecule has 0 radical (unpaired) electrons. The first-order valence-corrected chi connectivity index (χ1v) is 4.69. The van der Waals surface area contributed by atoms with Crippen LogP contribution in [0.2, 0.25) is 0 Å². The summed E-state index contributed by atoms with van der Waals surface area (Å²) in [4.78, 5) is 3.12. The monoisotopic (exact) mass is 190 g/mol. The maximum atomic E-state index is 9.36. The Morgan fingerprint density at radius 1 is 1.36 bits per heavy atom. The standard InChI is InChI=1S/C11H14N2O/c1-7(14)11(12)9-3-2-8-4-5-13-10(8)6-9/h2-7,11,13-14H,12H2,1H3/t7?,11-/m1/s1. The number of hydrogen-bond acceptors (Lipinski definition) is 2. The van der Waals surface area contributed by atoms with E-state index >= 15 is 0 Å². The highest BCUT2D eigenvalue weighted by molar-refractivity contribution is 5.79. The Kier molecular flexibility index (Phi) is 2.27. The highest BCUT2D eigenvalue weighted by atomic mass is 16.3. The van der Waals surface area contributed by atoms with Gasteiger partial charge in [-0.15, -0.1) is 0 Å². The van der Waals surface area contributed by atoms with Crippen molar-refractivity contribution < 1.29 is 5.11 Å². The van der Waals surface area contributed by atoms with E-state index in [9.17, 15) is 5.11 Å². The summed E-state index contributed by atoms with van der Waals surface area (Å²) in [6.45, 7) is 1.70. The summed E-state index contributed by atoms with van der Waals surface area (Å²) in [6, 6.07) is 7.62. The van der Waals surface area contributed by atoms with Crippen LogP contribution in [0.5, 0.6) is 0 Å². The lowest BCUT2D eigenvalue weighted by Gasteiger charge is -2.14. The van der Waals surface area contributed by atoms with E-state index in [0.29, 0.717) is 0 Å². The number of aromatic amines is 1. The van der Waals surface area contributed by atoms with E-state index in [1.165, 1.54) is 0 Å². The van der Waals surface area contributed by atoms with Gasteiger partial charge in [0.1, 0.15) is 0 Å². The summed E-state index contributed by atoms with van der Waals surface area (Å²) in [5.41, 5.74) is 7.84. The number of nitrogens with two attached hydrogens (primary N) is 1. The summed E-state index contributed by atoms with van der Waals surface area (Å²) in [7, 11) is 0. The molecule has 2 rings (SSSR count). The van der Waals surface area contributed by atoms with E-state index in [1.807, 2.05) is 30.5 Å². The number of nitrogens with one attached hydrogen (secondary N) is 1. The van der Waals surface area contributed by atoms with Crippen LogP contribution in [-0.2, 0) is 0 Å². The third-order valence-electron chi connectivity index (χ3n) is 2.48. The van der Waals surface area contributed by atoms with Crippen LogP contribution in [-0.4, -0.2) is 16.2 Å². The Hall–Kier alpha value is -1.32. The Morgan fingerprint density at radius 2 is 2.14 bits per heavy atom. The van der Waals surface area contributed by atoms with Crippen LogP contribution in [0, 0.1) is 0 Å². The van der Waals surface area contributed by atoms with E-state index < -0.39 is 6.10 Å². The van der Waals surface area contributed by atoms with Crippen LogP contribution in [0.1, 0.15) is 18.5 Å². The van der Waals surface area contributed by atoms with Crippen molar-refractivity contribution in [2.75, 3.05) is 0 Å². The van der Waals surface area contributed by atoms with E-state index in [4.69, 9.17) is 5.73 Å². The van der Waals surface area contributed by atoms with E-state index in [1.54, 1.807) is 6.92 Å². The molecule has 4 N–H and O–H groups in total. The maximum Gasteiger partial charge on any atom is 0.0704 e. The topological polar surface area (TPSA) is 62.0 Å². The molecule has 0 bridgehead atoms. The molecule has 2 atom stereocenters. The van der Waals surface area contributed by atoms with Gasteiger partial charge in [0, 0.05) is 11.7 Å².